The van der Waals surface area contributed by atoms with Crippen LogP contribution in [0.3, 0.4) is 0 Å². The number of hydrogen-bond acceptors (Lipinski definition) is 3. The quantitative estimate of drug-likeness (QED) is 0.528. The van der Waals surface area contributed by atoms with Crippen molar-refractivity contribution in [3.63, 3.8) is 0 Å². The largest absolute Gasteiger partial charge is 0.449 e. The van der Waals surface area contributed by atoms with E-state index in [4.69, 9.17) is 9.84 Å². The summed E-state index contributed by atoms with van der Waals surface area (Å²) in [5.74, 6) is 4.68. The predicted octanol–water partition coefficient (Wildman–Crippen LogP) is 3.49. The van der Waals surface area contributed by atoms with Gasteiger partial charge >= 0.3 is 5.97 Å². The third kappa shape index (κ3) is 11.5. The van der Waals surface area contributed by atoms with Gasteiger partial charge in [0.1, 0.15) is 6.10 Å². The minimum Gasteiger partial charge on any atom is -0.449 e. The number of esters is 1. The van der Waals surface area contributed by atoms with Crippen LogP contribution in [0.2, 0.25) is 0 Å². The van der Waals surface area contributed by atoms with Gasteiger partial charge in [-0.25, -0.2) is 4.79 Å². The molecule has 2 atom stereocenters. The second-order valence-electron chi connectivity index (χ2n) is 4.52. The Hall–Kier alpha value is -2.31. The summed E-state index contributed by atoms with van der Waals surface area (Å²) in [7, 11) is 0. The smallest absolute Gasteiger partial charge is 0.385 e. The average molecular weight is 300 g/mol. The van der Waals surface area contributed by atoms with Crippen molar-refractivity contribution < 1.29 is 14.6 Å². The fourth-order valence-electron chi connectivity index (χ4n) is 1.43. The van der Waals surface area contributed by atoms with Crippen LogP contribution in [0.5, 0.6) is 0 Å². The summed E-state index contributed by atoms with van der Waals surface area (Å²) in [6.45, 7) is 7.27. The van der Waals surface area contributed by atoms with Gasteiger partial charge in [-0.2, -0.15) is 0 Å². The highest BCUT2D eigenvalue weighted by Gasteiger charge is 2.01. The van der Waals surface area contributed by atoms with Gasteiger partial charge in [0, 0.05) is 11.5 Å². The summed E-state index contributed by atoms with van der Waals surface area (Å²) >= 11 is 0. The van der Waals surface area contributed by atoms with Gasteiger partial charge in [0.15, 0.2) is 0 Å². The molecule has 0 saturated heterocycles. The van der Waals surface area contributed by atoms with E-state index in [2.05, 4.69) is 11.8 Å². The standard InChI is InChI=1S/C14H14O2.C5H10O/c1-3-7-12(2)16-14(15)11-10-13-8-5-4-6-9-13;1-3-4-5(2)6/h3-9,12H,1-2H3;3-6H,1-2H3/b7-3-;4-3-. The zero-order valence-electron chi connectivity index (χ0n) is 13.6. The molecule has 0 saturated carbocycles. The first kappa shape index (κ1) is 19.7. The van der Waals surface area contributed by atoms with Crippen LogP contribution in [-0.4, -0.2) is 23.3 Å². The lowest BCUT2D eigenvalue weighted by molar-refractivity contribution is -0.139. The average Bonchev–Trinajstić information content (AvgIpc) is 2.47. The Labute approximate surface area is 133 Å². The van der Waals surface area contributed by atoms with Crippen LogP contribution >= 0.6 is 0 Å². The maximum absolute atomic E-state index is 11.3. The van der Waals surface area contributed by atoms with Crippen LogP contribution in [0.25, 0.3) is 0 Å². The van der Waals surface area contributed by atoms with Crippen LogP contribution in [0.15, 0.2) is 54.6 Å². The summed E-state index contributed by atoms with van der Waals surface area (Å²) < 4.78 is 5.01. The molecule has 1 rings (SSSR count). The Bertz CT molecular complexity index is 531. The summed E-state index contributed by atoms with van der Waals surface area (Å²) in [5.41, 5.74) is 0.804. The molecule has 2 unspecified atom stereocenters. The molecular weight excluding hydrogens is 276 g/mol. The fourth-order valence-corrected chi connectivity index (χ4v) is 1.43. The Morgan fingerprint density at radius 3 is 2.18 bits per heavy atom. The molecule has 0 amide bonds. The number of rotatable bonds is 3. The van der Waals surface area contributed by atoms with Crippen LogP contribution in [0.4, 0.5) is 0 Å². The Morgan fingerprint density at radius 1 is 1.14 bits per heavy atom. The molecule has 3 nitrogen and oxygen atoms in total. The molecule has 0 heterocycles. The van der Waals surface area contributed by atoms with Crippen LogP contribution in [-0.2, 0) is 9.53 Å². The van der Waals surface area contributed by atoms with Gasteiger partial charge in [-0.3, -0.25) is 0 Å². The lowest BCUT2D eigenvalue weighted by Gasteiger charge is -2.04. The van der Waals surface area contributed by atoms with Gasteiger partial charge in [-0.05, 0) is 45.9 Å². The van der Waals surface area contributed by atoms with E-state index < -0.39 is 5.97 Å². The Balaban J connectivity index is 0.000000626. The first-order chi connectivity index (χ1) is 10.5. The number of benzene rings is 1. The molecule has 1 aromatic carbocycles. The SMILES string of the molecule is C/C=C\C(C)O.C/C=C\C(C)OC(=O)C#Cc1ccccc1. The number of aliphatic hydroxyl groups excluding tert-OH is 1. The summed E-state index contributed by atoms with van der Waals surface area (Å²) in [6.07, 6.45) is 6.66. The number of carbonyl (C=O) groups excluding carboxylic acids is 1. The topological polar surface area (TPSA) is 46.5 Å². The molecule has 0 bridgehead atoms. The van der Waals surface area contributed by atoms with Gasteiger partial charge in [0.25, 0.3) is 0 Å². The van der Waals surface area contributed by atoms with Crippen molar-refractivity contribution >= 4 is 5.97 Å². The highest BCUT2D eigenvalue weighted by Crippen LogP contribution is 1.96. The van der Waals surface area contributed by atoms with Crippen LogP contribution < -0.4 is 0 Å². The number of hydrogen-bond donors (Lipinski definition) is 1. The first-order valence-corrected chi connectivity index (χ1v) is 7.21. The molecule has 0 aliphatic rings. The fraction of sp³-hybridized carbons (Fsp3) is 0.316. The molecule has 0 fully saturated rings. The van der Waals surface area contributed by atoms with Crippen LogP contribution in [0.1, 0.15) is 33.3 Å². The van der Waals surface area contributed by atoms with E-state index in [0.717, 1.165) is 5.56 Å². The van der Waals surface area contributed by atoms with E-state index in [9.17, 15) is 4.79 Å². The highest BCUT2D eigenvalue weighted by molar-refractivity contribution is 5.89. The number of carbonyl (C=O) groups is 1. The van der Waals surface area contributed by atoms with Crippen molar-refractivity contribution in [2.45, 2.75) is 39.9 Å². The van der Waals surface area contributed by atoms with Gasteiger partial charge in [-0.15, -0.1) is 0 Å². The number of ether oxygens (including phenoxy) is 1. The number of aliphatic hydroxyl groups is 1. The van der Waals surface area contributed by atoms with Crippen molar-refractivity contribution in [2.75, 3.05) is 0 Å². The summed E-state index contributed by atoms with van der Waals surface area (Å²) in [6, 6.07) is 9.33. The molecule has 22 heavy (non-hydrogen) atoms. The van der Waals surface area contributed by atoms with E-state index in [1.54, 1.807) is 26.0 Å². The maximum atomic E-state index is 11.3. The monoisotopic (exact) mass is 300 g/mol. The molecule has 118 valence electrons. The van der Waals surface area contributed by atoms with Crippen molar-refractivity contribution in [3.8, 4) is 11.8 Å². The molecular formula is C19H24O3. The molecule has 0 aromatic heterocycles. The van der Waals surface area contributed by atoms with E-state index in [1.807, 2.05) is 56.3 Å². The van der Waals surface area contributed by atoms with E-state index in [0.29, 0.717) is 0 Å². The van der Waals surface area contributed by atoms with Crippen molar-refractivity contribution in [2.24, 2.45) is 0 Å². The third-order valence-electron chi connectivity index (χ3n) is 2.31. The van der Waals surface area contributed by atoms with Gasteiger partial charge in [0.2, 0.25) is 0 Å². The molecule has 0 aliphatic carbocycles. The maximum Gasteiger partial charge on any atom is 0.385 e. The lowest BCUT2D eigenvalue weighted by atomic mass is 10.2. The summed E-state index contributed by atoms with van der Waals surface area (Å²) in [4.78, 5) is 11.3. The van der Waals surface area contributed by atoms with Crippen molar-refractivity contribution in [1.82, 2.24) is 0 Å². The molecule has 1 aromatic rings. The van der Waals surface area contributed by atoms with E-state index >= 15 is 0 Å². The zero-order chi connectivity index (χ0) is 16.8. The molecule has 1 N–H and O–H groups in total. The van der Waals surface area contributed by atoms with Crippen molar-refractivity contribution in [1.29, 1.82) is 0 Å². The minimum atomic E-state index is -0.505. The molecule has 0 radical (unpaired) electrons. The normalized spacial score (nSPS) is 12.8. The predicted molar refractivity (Wildman–Crippen MR) is 90.2 cm³/mol. The highest BCUT2D eigenvalue weighted by atomic mass is 16.5. The second-order valence-corrected chi connectivity index (χ2v) is 4.52. The van der Waals surface area contributed by atoms with E-state index in [1.165, 1.54) is 0 Å². The van der Waals surface area contributed by atoms with Crippen molar-refractivity contribution in [3.05, 3.63) is 60.2 Å². The Kier molecular flexibility index (Phi) is 11.1. The van der Waals surface area contributed by atoms with E-state index in [-0.39, 0.29) is 12.2 Å². The summed E-state index contributed by atoms with van der Waals surface area (Å²) in [5, 5.41) is 8.47. The molecule has 3 heteroatoms. The van der Waals surface area contributed by atoms with Gasteiger partial charge in [-0.1, -0.05) is 42.3 Å². The second kappa shape index (κ2) is 12.4. The molecule has 0 spiro atoms. The molecule has 0 aliphatic heterocycles. The zero-order valence-corrected chi connectivity index (χ0v) is 13.6. The lowest BCUT2D eigenvalue weighted by Crippen LogP contribution is -2.10. The Morgan fingerprint density at radius 2 is 1.73 bits per heavy atom. The van der Waals surface area contributed by atoms with Crippen LogP contribution in [0, 0.1) is 11.8 Å². The van der Waals surface area contributed by atoms with Gasteiger partial charge in [0.05, 0.1) is 6.10 Å². The minimum absolute atomic E-state index is 0.234. The third-order valence-corrected chi connectivity index (χ3v) is 2.31. The number of allylic oxidation sites excluding steroid dienone is 2. The first-order valence-electron chi connectivity index (χ1n) is 7.21. The van der Waals surface area contributed by atoms with Gasteiger partial charge < -0.3 is 9.84 Å².